The van der Waals surface area contributed by atoms with Crippen molar-refractivity contribution < 1.29 is 19.4 Å². The number of carbonyl (C=O) groups excluding carboxylic acids is 1. The Hall–Kier alpha value is -1.98. The number of carbonyl (C=O) groups is 2. The van der Waals surface area contributed by atoms with Crippen LogP contribution in [-0.2, 0) is 4.74 Å². The molecule has 0 bridgehead atoms. The summed E-state index contributed by atoms with van der Waals surface area (Å²) in [5.74, 6) is -0.865. The number of aromatic nitrogens is 1. The lowest BCUT2D eigenvalue weighted by atomic mass is 10.2. The van der Waals surface area contributed by atoms with Gasteiger partial charge in [0, 0.05) is 11.9 Å². The average molecular weight is 240 g/mol. The van der Waals surface area contributed by atoms with Gasteiger partial charge in [-0.1, -0.05) is 13.8 Å². The molecule has 3 N–H and O–H groups in total. The monoisotopic (exact) mass is 240 g/mol. The number of rotatable bonds is 4. The van der Waals surface area contributed by atoms with Gasteiger partial charge in [-0.05, 0) is 12.8 Å². The van der Waals surface area contributed by atoms with Gasteiger partial charge in [0.25, 0.3) is 0 Å². The van der Waals surface area contributed by atoms with E-state index in [9.17, 15) is 9.59 Å². The molecule has 1 heterocycles. The third kappa shape index (κ3) is 3.51. The minimum absolute atomic E-state index is 0.0477. The molecule has 0 fully saturated rings. The minimum atomic E-state index is -1.09. The van der Waals surface area contributed by atoms with Gasteiger partial charge in [-0.2, -0.15) is 0 Å². The molecule has 0 saturated heterocycles. The van der Waals surface area contributed by atoms with Crippen LogP contribution in [0.4, 0.5) is 10.5 Å². The SMILES string of the molecule is Cc1[nH]cc(NC(=O)OCC(C)C)c1C(=O)O. The topological polar surface area (TPSA) is 91.4 Å². The Morgan fingerprint density at radius 1 is 1.53 bits per heavy atom. The van der Waals surface area contributed by atoms with Crippen molar-refractivity contribution in [2.75, 3.05) is 11.9 Å². The predicted octanol–water partition coefficient (Wildman–Crippen LogP) is 2.23. The molecular formula is C11H16N2O4. The molecule has 17 heavy (non-hydrogen) atoms. The van der Waals surface area contributed by atoms with E-state index in [0.717, 1.165) is 0 Å². The Balaban J connectivity index is 2.69. The lowest BCUT2D eigenvalue weighted by molar-refractivity contribution is 0.0697. The fraction of sp³-hybridized carbons (Fsp3) is 0.455. The molecule has 0 aliphatic carbocycles. The minimum Gasteiger partial charge on any atom is -0.478 e. The van der Waals surface area contributed by atoms with Gasteiger partial charge in [-0.25, -0.2) is 9.59 Å². The molecule has 0 aliphatic rings. The number of aryl methyl sites for hydroxylation is 1. The lowest BCUT2D eigenvalue weighted by Gasteiger charge is -2.08. The lowest BCUT2D eigenvalue weighted by Crippen LogP contribution is -2.17. The van der Waals surface area contributed by atoms with E-state index in [2.05, 4.69) is 10.3 Å². The summed E-state index contributed by atoms with van der Waals surface area (Å²) in [7, 11) is 0. The highest BCUT2D eigenvalue weighted by atomic mass is 16.5. The summed E-state index contributed by atoms with van der Waals surface area (Å²) in [6.45, 7) is 5.73. The highest BCUT2D eigenvalue weighted by Crippen LogP contribution is 2.19. The summed E-state index contributed by atoms with van der Waals surface area (Å²) in [6, 6.07) is 0. The highest BCUT2D eigenvalue weighted by molar-refractivity contribution is 5.99. The van der Waals surface area contributed by atoms with Gasteiger partial charge in [0.1, 0.15) is 5.56 Å². The molecule has 0 aromatic carbocycles. The van der Waals surface area contributed by atoms with Gasteiger partial charge >= 0.3 is 12.1 Å². The number of carboxylic acids is 1. The number of aromatic amines is 1. The number of H-pyrrole nitrogens is 1. The van der Waals surface area contributed by atoms with Gasteiger partial charge < -0.3 is 14.8 Å². The van der Waals surface area contributed by atoms with Crippen LogP contribution in [0.5, 0.6) is 0 Å². The molecule has 0 saturated carbocycles. The number of aromatic carboxylic acids is 1. The van der Waals surface area contributed by atoms with Crippen LogP contribution in [0.3, 0.4) is 0 Å². The van der Waals surface area contributed by atoms with E-state index < -0.39 is 12.1 Å². The first kappa shape index (κ1) is 13.1. The second-order valence-electron chi connectivity index (χ2n) is 4.12. The van der Waals surface area contributed by atoms with Crippen LogP contribution in [0.15, 0.2) is 6.20 Å². The molecular weight excluding hydrogens is 224 g/mol. The molecule has 0 spiro atoms. The molecule has 94 valence electrons. The maximum absolute atomic E-state index is 11.4. The first-order valence-corrected chi connectivity index (χ1v) is 5.26. The van der Waals surface area contributed by atoms with Gasteiger partial charge in [0.2, 0.25) is 0 Å². The van der Waals surface area contributed by atoms with E-state index in [1.807, 2.05) is 13.8 Å². The number of hydrogen-bond acceptors (Lipinski definition) is 3. The summed E-state index contributed by atoms with van der Waals surface area (Å²) >= 11 is 0. The van der Waals surface area contributed by atoms with E-state index in [0.29, 0.717) is 5.69 Å². The number of carboxylic acid groups (broad SMARTS) is 1. The van der Waals surface area contributed by atoms with Crippen molar-refractivity contribution in [2.45, 2.75) is 20.8 Å². The molecule has 0 unspecified atom stereocenters. The quantitative estimate of drug-likeness (QED) is 0.752. The van der Waals surface area contributed by atoms with Gasteiger partial charge in [-0.3, -0.25) is 5.32 Å². The van der Waals surface area contributed by atoms with Crippen LogP contribution in [0.1, 0.15) is 29.9 Å². The summed E-state index contributed by atoms with van der Waals surface area (Å²) in [5, 5.41) is 11.3. The summed E-state index contributed by atoms with van der Waals surface area (Å²) < 4.78 is 4.89. The van der Waals surface area contributed by atoms with Crippen molar-refractivity contribution >= 4 is 17.7 Å². The van der Waals surface area contributed by atoms with Gasteiger partial charge in [0.05, 0.1) is 12.3 Å². The number of amides is 1. The normalized spacial score (nSPS) is 10.4. The highest BCUT2D eigenvalue weighted by Gasteiger charge is 2.17. The van der Waals surface area contributed by atoms with Crippen molar-refractivity contribution in [3.63, 3.8) is 0 Å². The third-order valence-corrected chi connectivity index (χ3v) is 2.08. The third-order valence-electron chi connectivity index (χ3n) is 2.08. The van der Waals surface area contributed by atoms with Crippen molar-refractivity contribution in [1.82, 2.24) is 4.98 Å². The molecule has 1 amide bonds. The number of hydrogen-bond donors (Lipinski definition) is 3. The second kappa shape index (κ2) is 5.38. The van der Waals surface area contributed by atoms with Gasteiger partial charge in [-0.15, -0.1) is 0 Å². The van der Waals surface area contributed by atoms with E-state index in [4.69, 9.17) is 9.84 Å². The van der Waals surface area contributed by atoms with E-state index in [1.165, 1.54) is 6.20 Å². The van der Waals surface area contributed by atoms with Crippen molar-refractivity contribution in [3.8, 4) is 0 Å². The van der Waals surface area contributed by atoms with E-state index in [-0.39, 0.29) is 23.8 Å². The molecule has 6 nitrogen and oxygen atoms in total. The molecule has 0 radical (unpaired) electrons. The first-order chi connectivity index (χ1) is 7.91. The standard InChI is InChI=1S/C11H16N2O4/c1-6(2)5-17-11(16)13-8-4-12-7(3)9(8)10(14)15/h4,6,12H,5H2,1-3H3,(H,13,16)(H,14,15). The molecule has 6 heteroatoms. The Morgan fingerprint density at radius 2 is 2.18 bits per heavy atom. The van der Waals surface area contributed by atoms with Crippen LogP contribution < -0.4 is 5.32 Å². The zero-order chi connectivity index (χ0) is 13.0. The Labute approximate surface area is 99.0 Å². The fourth-order valence-corrected chi connectivity index (χ4v) is 1.29. The second-order valence-corrected chi connectivity index (χ2v) is 4.12. The van der Waals surface area contributed by atoms with Crippen LogP contribution in [0, 0.1) is 12.8 Å². The maximum Gasteiger partial charge on any atom is 0.411 e. The average Bonchev–Trinajstić information content (AvgIpc) is 2.56. The molecule has 0 aliphatic heterocycles. The fourth-order valence-electron chi connectivity index (χ4n) is 1.29. The Bertz CT molecular complexity index is 423. The first-order valence-electron chi connectivity index (χ1n) is 5.26. The van der Waals surface area contributed by atoms with Crippen LogP contribution >= 0.6 is 0 Å². The molecule has 0 atom stereocenters. The Kier molecular flexibility index (Phi) is 4.14. The smallest absolute Gasteiger partial charge is 0.411 e. The molecule has 1 aromatic heterocycles. The summed E-state index contributed by atoms with van der Waals surface area (Å²) in [6.07, 6.45) is 0.773. The predicted molar refractivity (Wildman–Crippen MR) is 62.3 cm³/mol. The Morgan fingerprint density at radius 3 is 2.71 bits per heavy atom. The summed E-state index contributed by atoms with van der Waals surface area (Å²) in [5.41, 5.74) is 0.743. The zero-order valence-corrected chi connectivity index (χ0v) is 10.0. The van der Waals surface area contributed by atoms with E-state index >= 15 is 0 Å². The number of anilines is 1. The van der Waals surface area contributed by atoms with Crippen LogP contribution in [0.2, 0.25) is 0 Å². The number of ether oxygens (including phenoxy) is 1. The summed E-state index contributed by atoms with van der Waals surface area (Å²) in [4.78, 5) is 25.0. The number of nitrogens with one attached hydrogen (secondary N) is 2. The van der Waals surface area contributed by atoms with Crippen molar-refractivity contribution in [2.24, 2.45) is 5.92 Å². The van der Waals surface area contributed by atoms with Gasteiger partial charge in [0.15, 0.2) is 0 Å². The van der Waals surface area contributed by atoms with Crippen LogP contribution in [-0.4, -0.2) is 28.8 Å². The van der Waals surface area contributed by atoms with E-state index in [1.54, 1.807) is 6.92 Å². The zero-order valence-electron chi connectivity index (χ0n) is 10.0. The largest absolute Gasteiger partial charge is 0.478 e. The van der Waals surface area contributed by atoms with Crippen LogP contribution in [0.25, 0.3) is 0 Å². The van der Waals surface area contributed by atoms with Crippen molar-refractivity contribution in [3.05, 3.63) is 17.5 Å². The molecule has 1 aromatic rings. The van der Waals surface area contributed by atoms with Crippen molar-refractivity contribution in [1.29, 1.82) is 0 Å². The molecule has 1 rings (SSSR count). The maximum atomic E-state index is 11.4.